The summed E-state index contributed by atoms with van der Waals surface area (Å²) in [7, 11) is 0. The molecule has 0 saturated heterocycles. The fourth-order valence-electron chi connectivity index (χ4n) is 1.30. The van der Waals surface area contributed by atoms with Gasteiger partial charge in [0.1, 0.15) is 0 Å². The molecule has 0 spiro atoms. The van der Waals surface area contributed by atoms with Crippen LogP contribution < -0.4 is 0 Å². The summed E-state index contributed by atoms with van der Waals surface area (Å²) in [4.78, 5) is 12.7. The summed E-state index contributed by atoms with van der Waals surface area (Å²) in [6.07, 6.45) is 3.25. The first-order valence-corrected chi connectivity index (χ1v) is 5.49. The molecular weight excluding hydrogens is 180 g/mol. The Bertz CT molecular complexity index is 286. The highest BCUT2D eigenvalue weighted by Gasteiger charge is 2.05. The molecule has 0 unspecified atom stereocenters. The molecule has 2 heteroatoms. The van der Waals surface area contributed by atoms with Crippen LogP contribution in [0.25, 0.3) is 0 Å². The zero-order chi connectivity index (χ0) is 9.84. The van der Waals surface area contributed by atoms with Gasteiger partial charge in [-0.15, -0.1) is 11.3 Å². The summed E-state index contributed by atoms with van der Waals surface area (Å²) in [6, 6.07) is 2.02. The van der Waals surface area contributed by atoms with Gasteiger partial charge in [0.05, 0.1) is 4.88 Å². The molecule has 0 atom stereocenters. The Morgan fingerprint density at radius 3 is 2.69 bits per heavy atom. The number of hydrogen-bond donors (Lipinski definition) is 0. The monoisotopic (exact) mass is 196 g/mol. The highest BCUT2D eigenvalue weighted by Crippen LogP contribution is 2.22. The molecule has 1 heterocycles. The van der Waals surface area contributed by atoms with Crippen LogP contribution in [-0.4, -0.2) is 6.29 Å². The van der Waals surface area contributed by atoms with Gasteiger partial charge >= 0.3 is 0 Å². The van der Waals surface area contributed by atoms with Crippen LogP contribution in [0, 0.1) is 12.8 Å². The summed E-state index contributed by atoms with van der Waals surface area (Å²) in [6.45, 7) is 6.54. The van der Waals surface area contributed by atoms with Gasteiger partial charge in [0.2, 0.25) is 0 Å². The van der Waals surface area contributed by atoms with E-state index in [1.54, 1.807) is 11.3 Å². The first kappa shape index (κ1) is 10.5. The molecule has 0 aliphatic rings. The van der Waals surface area contributed by atoms with Gasteiger partial charge in [-0.25, -0.2) is 0 Å². The van der Waals surface area contributed by atoms with Gasteiger partial charge < -0.3 is 0 Å². The number of rotatable bonds is 4. The largest absolute Gasteiger partial charge is 0.297 e. The number of thiophene rings is 1. The van der Waals surface area contributed by atoms with Gasteiger partial charge in [-0.05, 0) is 37.3 Å². The SMILES string of the molecule is Cc1sc(C=O)cc1CCC(C)C. The molecular formula is C11H16OS. The van der Waals surface area contributed by atoms with E-state index in [0.29, 0.717) is 0 Å². The van der Waals surface area contributed by atoms with Crippen molar-refractivity contribution in [1.82, 2.24) is 0 Å². The van der Waals surface area contributed by atoms with Crippen LogP contribution in [0.15, 0.2) is 6.07 Å². The van der Waals surface area contributed by atoms with E-state index >= 15 is 0 Å². The van der Waals surface area contributed by atoms with Crippen LogP contribution in [0.5, 0.6) is 0 Å². The van der Waals surface area contributed by atoms with E-state index in [9.17, 15) is 4.79 Å². The minimum Gasteiger partial charge on any atom is -0.297 e. The van der Waals surface area contributed by atoms with Gasteiger partial charge in [-0.3, -0.25) is 4.79 Å². The minimum atomic E-state index is 0.735. The molecule has 0 amide bonds. The van der Waals surface area contributed by atoms with Gasteiger partial charge in [0.25, 0.3) is 0 Å². The quantitative estimate of drug-likeness (QED) is 0.674. The first-order chi connectivity index (χ1) is 6.13. The second kappa shape index (κ2) is 4.56. The maximum atomic E-state index is 10.5. The molecule has 0 aliphatic heterocycles. The lowest BCUT2D eigenvalue weighted by atomic mass is 10.0. The smallest absolute Gasteiger partial charge is 0.160 e. The Morgan fingerprint density at radius 1 is 1.54 bits per heavy atom. The fraction of sp³-hybridized carbons (Fsp3) is 0.545. The summed E-state index contributed by atoms with van der Waals surface area (Å²) in [5.74, 6) is 0.735. The number of carbonyl (C=O) groups is 1. The second-order valence-corrected chi connectivity index (χ2v) is 5.07. The first-order valence-electron chi connectivity index (χ1n) is 4.68. The van der Waals surface area contributed by atoms with Crippen molar-refractivity contribution in [3.05, 3.63) is 21.4 Å². The van der Waals surface area contributed by atoms with Crippen LogP contribution in [-0.2, 0) is 6.42 Å². The molecule has 0 aliphatic carbocycles. The summed E-state index contributed by atoms with van der Waals surface area (Å²) < 4.78 is 0. The van der Waals surface area contributed by atoms with Gasteiger partial charge in [-0.1, -0.05) is 13.8 Å². The highest BCUT2D eigenvalue weighted by atomic mass is 32.1. The lowest BCUT2D eigenvalue weighted by molar-refractivity contribution is 0.112. The van der Waals surface area contributed by atoms with Gasteiger partial charge in [0, 0.05) is 4.88 Å². The Morgan fingerprint density at radius 2 is 2.23 bits per heavy atom. The van der Waals surface area contributed by atoms with Crippen molar-refractivity contribution >= 4 is 17.6 Å². The Balaban J connectivity index is 2.65. The summed E-state index contributed by atoms with van der Waals surface area (Å²) in [5.41, 5.74) is 1.35. The van der Waals surface area contributed by atoms with Crippen molar-refractivity contribution < 1.29 is 4.79 Å². The molecule has 72 valence electrons. The predicted molar refractivity (Wildman–Crippen MR) is 57.6 cm³/mol. The van der Waals surface area contributed by atoms with E-state index < -0.39 is 0 Å². The van der Waals surface area contributed by atoms with Crippen molar-refractivity contribution in [2.24, 2.45) is 5.92 Å². The van der Waals surface area contributed by atoms with Crippen molar-refractivity contribution in [2.75, 3.05) is 0 Å². The van der Waals surface area contributed by atoms with E-state index in [1.807, 2.05) is 6.07 Å². The van der Waals surface area contributed by atoms with Crippen LogP contribution in [0.1, 0.15) is 40.4 Å². The molecule has 0 saturated carbocycles. The molecule has 13 heavy (non-hydrogen) atoms. The van der Waals surface area contributed by atoms with E-state index in [4.69, 9.17) is 0 Å². The third-order valence-electron chi connectivity index (χ3n) is 2.15. The summed E-state index contributed by atoms with van der Waals surface area (Å²) in [5, 5.41) is 0. The molecule has 0 fully saturated rings. The molecule has 1 aromatic heterocycles. The van der Waals surface area contributed by atoms with Crippen molar-refractivity contribution in [3.63, 3.8) is 0 Å². The third-order valence-corrected chi connectivity index (χ3v) is 3.16. The fourth-order valence-corrected chi connectivity index (χ4v) is 2.19. The number of hydrogen-bond acceptors (Lipinski definition) is 2. The zero-order valence-electron chi connectivity index (χ0n) is 8.46. The average molecular weight is 196 g/mol. The van der Waals surface area contributed by atoms with E-state index in [-0.39, 0.29) is 0 Å². The Kier molecular flexibility index (Phi) is 3.67. The lowest BCUT2D eigenvalue weighted by Crippen LogP contribution is -1.91. The van der Waals surface area contributed by atoms with Crippen molar-refractivity contribution in [2.45, 2.75) is 33.6 Å². The normalized spacial score (nSPS) is 10.8. The average Bonchev–Trinajstić information content (AvgIpc) is 2.43. The van der Waals surface area contributed by atoms with Crippen LogP contribution >= 0.6 is 11.3 Å². The van der Waals surface area contributed by atoms with Crippen LogP contribution in [0.4, 0.5) is 0 Å². The number of carbonyl (C=O) groups excluding carboxylic acids is 1. The summed E-state index contributed by atoms with van der Waals surface area (Å²) >= 11 is 1.60. The Hall–Kier alpha value is -0.630. The molecule has 1 rings (SSSR count). The number of aryl methyl sites for hydroxylation is 2. The lowest BCUT2D eigenvalue weighted by Gasteiger charge is -2.02. The van der Waals surface area contributed by atoms with Crippen molar-refractivity contribution in [1.29, 1.82) is 0 Å². The van der Waals surface area contributed by atoms with Crippen LogP contribution in [0.2, 0.25) is 0 Å². The van der Waals surface area contributed by atoms with Crippen molar-refractivity contribution in [3.8, 4) is 0 Å². The molecule has 0 radical (unpaired) electrons. The predicted octanol–water partition coefficient (Wildman–Crippen LogP) is 3.46. The molecule has 1 aromatic rings. The highest BCUT2D eigenvalue weighted by molar-refractivity contribution is 7.13. The molecule has 0 bridgehead atoms. The minimum absolute atomic E-state index is 0.735. The van der Waals surface area contributed by atoms with Gasteiger partial charge in [-0.2, -0.15) is 0 Å². The van der Waals surface area contributed by atoms with E-state index in [0.717, 1.165) is 23.5 Å². The van der Waals surface area contributed by atoms with E-state index in [1.165, 1.54) is 16.9 Å². The Labute approximate surface area is 83.8 Å². The number of aldehydes is 1. The molecule has 0 aromatic carbocycles. The topological polar surface area (TPSA) is 17.1 Å². The third kappa shape index (κ3) is 2.96. The maximum absolute atomic E-state index is 10.5. The second-order valence-electron chi connectivity index (χ2n) is 3.78. The molecule has 1 nitrogen and oxygen atoms in total. The molecule has 0 N–H and O–H groups in total. The maximum Gasteiger partial charge on any atom is 0.160 e. The van der Waals surface area contributed by atoms with Crippen LogP contribution in [0.3, 0.4) is 0 Å². The van der Waals surface area contributed by atoms with E-state index in [2.05, 4.69) is 20.8 Å². The van der Waals surface area contributed by atoms with Gasteiger partial charge in [0.15, 0.2) is 6.29 Å². The zero-order valence-corrected chi connectivity index (χ0v) is 9.28. The standard InChI is InChI=1S/C11H16OS/c1-8(2)4-5-10-6-11(7-12)13-9(10)3/h6-8H,4-5H2,1-3H3.